The molecule has 3 atom stereocenters. The first kappa shape index (κ1) is 15.0. The quantitative estimate of drug-likeness (QED) is 0.691. The zero-order chi connectivity index (χ0) is 12.7. The Balaban J connectivity index is 2.20. The number of rotatable bonds is 7. The van der Waals surface area contributed by atoms with E-state index >= 15 is 0 Å². The second-order valence-corrected chi connectivity index (χ2v) is 6.15. The summed E-state index contributed by atoms with van der Waals surface area (Å²) in [4.78, 5) is 0. The average molecular weight is 241 g/mol. The molecule has 0 aromatic carbocycles. The maximum Gasteiger partial charge on any atom is 0.0488 e. The van der Waals surface area contributed by atoms with Crippen LogP contribution in [0.25, 0.3) is 0 Å². The number of nitrogens with two attached hydrogens (primary N) is 1. The van der Waals surface area contributed by atoms with Gasteiger partial charge in [0.2, 0.25) is 0 Å². The summed E-state index contributed by atoms with van der Waals surface area (Å²) >= 11 is 0. The first-order valence-corrected chi connectivity index (χ1v) is 7.46. The van der Waals surface area contributed by atoms with Crippen LogP contribution in [0.1, 0.15) is 59.3 Å². The third-order valence-corrected chi connectivity index (χ3v) is 3.93. The van der Waals surface area contributed by atoms with Gasteiger partial charge in [-0.25, -0.2) is 0 Å². The molecule has 0 saturated heterocycles. The standard InChI is InChI=1S/C15H31NO/c1-4-5-13-6-7-15(16)14(10-13)8-9-17-11-12(2)3/h12-15H,4-11,16H2,1-3H3. The molecule has 0 heterocycles. The molecule has 1 rings (SSSR count). The molecule has 0 aromatic rings. The summed E-state index contributed by atoms with van der Waals surface area (Å²) in [5, 5.41) is 0. The van der Waals surface area contributed by atoms with Crippen LogP contribution in [0, 0.1) is 17.8 Å². The van der Waals surface area contributed by atoms with Gasteiger partial charge in [0.05, 0.1) is 0 Å². The van der Waals surface area contributed by atoms with Crippen molar-refractivity contribution < 1.29 is 4.74 Å². The number of hydrogen-bond donors (Lipinski definition) is 1. The van der Waals surface area contributed by atoms with Crippen LogP contribution in [0.2, 0.25) is 0 Å². The van der Waals surface area contributed by atoms with Gasteiger partial charge < -0.3 is 10.5 Å². The molecule has 0 aliphatic heterocycles. The fourth-order valence-electron chi connectivity index (χ4n) is 2.94. The second-order valence-electron chi connectivity index (χ2n) is 6.15. The zero-order valence-corrected chi connectivity index (χ0v) is 12.0. The Bertz CT molecular complexity index is 193. The Hall–Kier alpha value is -0.0800. The summed E-state index contributed by atoms with van der Waals surface area (Å²) < 4.78 is 5.69. The molecule has 3 unspecified atom stereocenters. The van der Waals surface area contributed by atoms with Gasteiger partial charge in [0.1, 0.15) is 0 Å². The number of ether oxygens (including phenoxy) is 1. The maximum absolute atomic E-state index is 6.22. The van der Waals surface area contributed by atoms with Gasteiger partial charge in [0.25, 0.3) is 0 Å². The molecule has 0 aromatic heterocycles. The molecule has 2 N–H and O–H groups in total. The largest absolute Gasteiger partial charge is 0.381 e. The van der Waals surface area contributed by atoms with Gasteiger partial charge in [-0.2, -0.15) is 0 Å². The van der Waals surface area contributed by atoms with Crippen molar-refractivity contribution in [3.05, 3.63) is 0 Å². The lowest BCUT2D eigenvalue weighted by atomic mass is 9.75. The van der Waals surface area contributed by atoms with E-state index in [9.17, 15) is 0 Å². The van der Waals surface area contributed by atoms with Crippen molar-refractivity contribution in [3.63, 3.8) is 0 Å². The zero-order valence-electron chi connectivity index (χ0n) is 12.0. The van der Waals surface area contributed by atoms with Crippen molar-refractivity contribution >= 4 is 0 Å². The Labute approximate surface area is 107 Å². The lowest BCUT2D eigenvalue weighted by Crippen LogP contribution is -2.36. The van der Waals surface area contributed by atoms with E-state index in [1.807, 2.05) is 0 Å². The fourth-order valence-corrected chi connectivity index (χ4v) is 2.94. The lowest BCUT2D eigenvalue weighted by molar-refractivity contribution is 0.0837. The molecule has 1 saturated carbocycles. The Morgan fingerprint density at radius 2 is 2.00 bits per heavy atom. The molecular formula is C15H31NO. The molecule has 1 aliphatic carbocycles. The molecule has 2 nitrogen and oxygen atoms in total. The third-order valence-electron chi connectivity index (χ3n) is 3.93. The second kappa shape index (κ2) is 8.10. The van der Waals surface area contributed by atoms with E-state index in [1.165, 1.54) is 32.1 Å². The van der Waals surface area contributed by atoms with E-state index in [0.29, 0.717) is 17.9 Å². The topological polar surface area (TPSA) is 35.2 Å². The SMILES string of the molecule is CCCC1CCC(N)C(CCOCC(C)C)C1. The van der Waals surface area contributed by atoms with Crippen molar-refractivity contribution in [1.82, 2.24) is 0 Å². The number of hydrogen-bond acceptors (Lipinski definition) is 2. The summed E-state index contributed by atoms with van der Waals surface area (Å²) in [5.41, 5.74) is 6.22. The van der Waals surface area contributed by atoms with E-state index < -0.39 is 0 Å². The van der Waals surface area contributed by atoms with Crippen LogP contribution in [-0.4, -0.2) is 19.3 Å². The van der Waals surface area contributed by atoms with E-state index in [4.69, 9.17) is 10.5 Å². The monoisotopic (exact) mass is 241 g/mol. The van der Waals surface area contributed by atoms with Crippen LogP contribution in [-0.2, 0) is 4.74 Å². The fraction of sp³-hybridized carbons (Fsp3) is 1.00. The van der Waals surface area contributed by atoms with Gasteiger partial charge in [-0.1, -0.05) is 33.6 Å². The van der Waals surface area contributed by atoms with Crippen LogP contribution >= 0.6 is 0 Å². The van der Waals surface area contributed by atoms with Crippen LogP contribution < -0.4 is 5.73 Å². The highest BCUT2D eigenvalue weighted by atomic mass is 16.5. The van der Waals surface area contributed by atoms with Gasteiger partial charge >= 0.3 is 0 Å². The minimum Gasteiger partial charge on any atom is -0.381 e. The Kier molecular flexibility index (Phi) is 7.14. The molecule has 1 aliphatic rings. The first-order chi connectivity index (χ1) is 8.13. The summed E-state index contributed by atoms with van der Waals surface area (Å²) in [5.74, 6) is 2.27. The predicted molar refractivity (Wildman–Crippen MR) is 74.0 cm³/mol. The van der Waals surface area contributed by atoms with E-state index in [-0.39, 0.29) is 0 Å². The van der Waals surface area contributed by atoms with Crippen LogP contribution in [0.4, 0.5) is 0 Å². The maximum atomic E-state index is 6.22. The normalized spacial score (nSPS) is 29.8. The highest BCUT2D eigenvalue weighted by Gasteiger charge is 2.27. The van der Waals surface area contributed by atoms with Crippen molar-refractivity contribution in [2.45, 2.75) is 65.3 Å². The molecule has 1 fully saturated rings. The third kappa shape index (κ3) is 5.87. The molecule has 17 heavy (non-hydrogen) atoms. The van der Waals surface area contributed by atoms with Gasteiger partial charge in [0, 0.05) is 19.3 Å². The van der Waals surface area contributed by atoms with Gasteiger partial charge in [-0.05, 0) is 43.4 Å². The Morgan fingerprint density at radius 3 is 2.65 bits per heavy atom. The van der Waals surface area contributed by atoms with Crippen LogP contribution in [0.15, 0.2) is 0 Å². The van der Waals surface area contributed by atoms with Crippen LogP contribution in [0.3, 0.4) is 0 Å². The van der Waals surface area contributed by atoms with Crippen molar-refractivity contribution in [2.24, 2.45) is 23.5 Å². The molecule has 102 valence electrons. The summed E-state index contributed by atoms with van der Waals surface area (Å²) in [7, 11) is 0. The Morgan fingerprint density at radius 1 is 1.24 bits per heavy atom. The van der Waals surface area contributed by atoms with Crippen LogP contribution in [0.5, 0.6) is 0 Å². The van der Waals surface area contributed by atoms with Crippen molar-refractivity contribution in [3.8, 4) is 0 Å². The van der Waals surface area contributed by atoms with Crippen molar-refractivity contribution in [2.75, 3.05) is 13.2 Å². The van der Waals surface area contributed by atoms with Gasteiger partial charge in [0.15, 0.2) is 0 Å². The minimum absolute atomic E-state index is 0.422. The molecule has 0 bridgehead atoms. The summed E-state index contributed by atoms with van der Waals surface area (Å²) in [6, 6.07) is 0.422. The molecule has 0 amide bonds. The van der Waals surface area contributed by atoms with E-state index in [2.05, 4.69) is 20.8 Å². The minimum atomic E-state index is 0.422. The molecule has 0 radical (unpaired) electrons. The van der Waals surface area contributed by atoms with E-state index in [0.717, 1.165) is 25.6 Å². The van der Waals surface area contributed by atoms with E-state index in [1.54, 1.807) is 0 Å². The first-order valence-electron chi connectivity index (χ1n) is 7.46. The smallest absolute Gasteiger partial charge is 0.0488 e. The summed E-state index contributed by atoms with van der Waals surface area (Å²) in [6.45, 7) is 8.47. The highest BCUT2D eigenvalue weighted by molar-refractivity contribution is 4.82. The van der Waals surface area contributed by atoms with Gasteiger partial charge in [-0.15, -0.1) is 0 Å². The van der Waals surface area contributed by atoms with Gasteiger partial charge in [-0.3, -0.25) is 0 Å². The summed E-state index contributed by atoms with van der Waals surface area (Å²) in [6.07, 6.45) is 7.76. The highest BCUT2D eigenvalue weighted by Crippen LogP contribution is 2.33. The molecular weight excluding hydrogens is 210 g/mol. The predicted octanol–water partition coefficient (Wildman–Crippen LogP) is 3.59. The molecule has 0 spiro atoms. The van der Waals surface area contributed by atoms with Crippen molar-refractivity contribution in [1.29, 1.82) is 0 Å². The average Bonchev–Trinajstić information content (AvgIpc) is 2.28. The lowest BCUT2D eigenvalue weighted by Gasteiger charge is -2.34. The molecule has 2 heteroatoms.